The fourth-order valence-electron chi connectivity index (χ4n) is 3.47. The Morgan fingerprint density at radius 2 is 1.50 bits per heavy atom. The fourth-order valence-corrected chi connectivity index (χ4v) is 4.57. The number of hydrogen-bond acceptors (Lipinski definition) is 4. The van der Waals surface area contributed by atoms with Gasteiger partial charge in [0.1, 0.15) is 11.5 Å². The Bertz CT molecular complexity index is 990. The topological polar surface area (TPSA) is 46.6 Å². The van der Waals surface area contributed by atoms with Gasteiger partial charge in [0.05, 0.1) is 0 Å². The van der Waals surface area contributed by atoms with Gasteiger partial charge in [-0.1, -0.05) is 72.4 Å². The van der Waals surface area contributed by atoms with Gasteiger partial charge in [0, 0.05) is 31.2 Å². The van der Waals surface area contributed by atoms with Crippen molar-refractivity contribution < 1.29 is 14.3 Å². The molecule has 1 fully saturated rings. The average molecular weight is 418 g/mol. The highest BCUT2D eigenvalue weighted by atomic mass is 32.2. The number of amides is 1. The van der Waals surface area contributed by atoms with E-state index in [0.717, 1.165) is 22.6 Å². The van der Waals surface area contributed by atoms with E-state index in [4.69, 9.17) is 4.74 Å². The maximum Gasteiger partial charge on any atom is 0.224 e. The number of para-hydroxylation sites is 1. The van der Waals surface area contributed by atoms with Crippen LogP contribution in [0.1, 0.15) is 17.5 Å². The third-order valence-corrected chi connectivity index (χ3v) is 6.00. The molecule has 0 radical (unpaired) electrons. The van der Waals surface area contributed by atoms with Crippen LogP contribution >= 0.6 is 11.8 Å². The molecule has 5 heteroatoms. The van der Waals surface area contributed by atoms with Crippen LogP contribution in [0.4, 0.5) is 0 Å². The number of nitrogens with zero attached hydrogens (tertiary/aromatic N) is 1. The minimum Gasteiger partial charge on any atom is -0.457 e. The van der Waals surface area contributed by atoms with Crippen molar-refractivity contribution in [1.29, 1.82) is 0 Å². The first-order valence-electron chi connectivity index (χ1n) is 9.99. The van der Waals surface area contributed by atoms with E-state index < -0.39 is 0 Å². The molecule has 1 atom stereocenters. The molecule has 1 saturated heterocycles. The van der Waals surface area contributed by atoms with Crippen LogP contribution in [-0.4, -0.2) is 27.7 Å². The molecule has 0 aliphatic carbocycles. The molecule has 1 amide bonds. The third kappa shape index (κ3) is 5.51. The molecule has 30 heavy (non-hydrogen) atoms. The molecule has 1 aliphatic rings. The first-order valence-corrected chi connectivity index (χ1v) is 10.9. The Morgan fingerprint density at radius 3 is 2.20 bits per heavy atom. The Labute approximate surface area is 180 Å². The minimum absolute atomic E-state index is 0.0226. The van der Waals surface area contributed by atoms with Crippen molar-refractivity contribution in [1.82, 2.24) is 4.90 Å². The number of benzene rings is 3. The first-order chi connectivity index (χ1) is 14.7. The van der Waals surface area contributed by atoms with Gasteiger partial charge >= 0.3 is 0 Å². The molecule has 0 spiro atoms. The van der Waals surface area contributed by atoms with Gasteiger partial charge in [0.2, 0.25) is 5.91 Å². The lowest BCUT2D eigenvalue weighted by molar-refractivity contribution is -0.128. The van der Waals surface area contributed by atoms with Crippen molar-refractivity contribution in [2.75, 3.05) is 6.54 Å². The van der Waals surface area contributed by atoms with Crippen LogP contribution in [0.25, 0.3) is 0 Å². The number of hydrogen-bond donors (Lipinski definition) is 0. The third-order valence-electron chi connectivity index (χ3n) is 4.94. The number of carbonyl (C=O) groups excluding carboxylic acids is 2. The zero-order valence-electron chi connectivity index (χ0n) is 16.6. The van der Waals surface area contributed by atoms with E-state index in [2.05, 4.69) is 0 Å². The fraction of sp³-hybridized carbons (Fsp3) is 0.200. The van der Waals surface area contributed by atoms with Crippen molar-refractivity contribution >= 4 is 22.8 Å². The highest BCUT2D eigenvalue weighted by Crippen LogP contribution is 2.27. The summed E-state index contributed by atoms with van der Waals surface area (Å²) in [5.74, 6) is 1.65. The van der Waals surface area contributed by atoms with Crippen molar-refractivity contribution in [2.24, 2.45) is 0 Å². The second-order valence-electron chi connectivity index (χ2n) is 7.31. The molecule has 1 unspecified atom stereocenters. The molecule has 1 aliphatic heterocycles. The highest BCUT2D eigenvalue weighted by Gasteiger charge is 2.31. The molecule has 4 nitrogen and oxygen atoms in total. The highest BCUT2D eigenvalue weighted by molar-refractivity contribution is 8.14. The number of likely N-dealkylation sites (tertiary alicyclic amines) is 1. The molecule has 3 aromatic carbocycles. The van der Waals surface area contributed by atoms with Crippen LogP contribution in [0.3, 0.4) is 0 Å². The van der Waals surface area contributed by atoms with Crippen LogP contribution in [0.5, 0.6) is 11.5 Å². The molecular formula is C25H23NO3S. The van der Waals surface area contributed by atoms with Crippen LogP contribution < -0.4 is 4.74 Å². The average Bonchev–Trinajstić information content (AvgIpc) is 3.09. The summed E-state index contributed by atoms with van der Waals surface area (Å²) in [5.41, 5.74) is 2.05. The summed E-state index contributed by atoms with van der Waals surface area (Å²) >= 11 is 1.30. The molecule has 152 valence electrons. The second kappa shape index (κ2) is 9.63. The molecule has 0 saturated carbocycles. The Kier molecular flexibility index (Phi) is 6.50. The van der Waals surface area contributed by atoms with Crippen molar-refractivity contribution in [3.8, 4) is 11.5 Å². The minimum atomic E-state index is 0.0226. The number of rotatable bonds is 7. The molecule has 1 heterocycles. The van der Waals surface area contributed by atoms with E-state index in [1.165, 1.54) is 11.8 Å². The van der Waals surface area contributed by atoms with Gasteiger partial charge in [-0.25, -0.2) is 0 Å². The van der Waals surface area contributed by atoms with E-state index in [9.17, 15) is 9.59 Å². The summed E-state index contributed by atoms with van der Waals surface area (Å²) in [6, 6.07) is 27.1. The van der Waals surface area contributed by atoms with Crippen molar-refractivity contribution in [2.45, 2.75) is 24.6 Å². The van der Waals surface area contributed by atoms with Crippen LogP contribution in [0.15, 0.2) is 84.9 Å². The quantitative estimate of drug-likeness (QED) is 0.538. The normalized spacial score (nSPS) is 15.9. The number of thioether (sulfide) groups is 1. The van der Waals surface area contributed by atoms with Gasteiger partial charge < -0.3 is 9.64 Å². The Hall–Kier alpha value is -3.05. The summed E-state index contributed by atoms with van der Waals surface area (Å²) < 4.78 is 5.81. The van der Waals surface area contributed by atoms with Gasteiger partial charge in [0.25, 0.3) is 0 Å². The Morgan fingerprint density at radius 1 is 0.867 bits per heavy atom. The van der Waals surface area contributed by atoms with E-state index in [1.807, 2.05) is 89.8 Å². The summed E-state index contributed by atoms with van der Waals surface area (Å²) in [5, 5.41) is 0.137. The van der Waals surface area contributed by atoms with Crippen molar-refractivity contribution in [3.05, 3.63) is 96.1 Å². The summed E-state index contributed by atoms with van der Waals surface area (Å²) in [7, 11) is 0. The Balaban J connectivity index is 1.28. The van der Waals surface area contributed by atoms with E-state index in [0.29, 0.717) is 25.9 Å². The summed E-state index contributed by atoms with van der Waals surface area (Å²) in [6.07, 6.45) is 0.819. The monoisotopic (exact) mass is 417 g/mol. The molecule has 0 N–H and O–H groups in total. The van der Waals surface area contributed by atoms with E-state index in [1.54, 1.807) is 0 Å². The summed E-state index contributed by atoms with van der Waals surface area (Å²) in [4.78, 5) is 26.6. The summed E-state index contributed by atoms with van der Waals surface area (Å²) in [6.45, 7) is 1.15. The predicted molar refractivity (Wildman–Crippen MR) is 120 cm³/mol. The smallest absolute Gasteiger partial charge is 0.224 e. The van der Waals surface area contributed by atoms with Crippen LogP contribution in [0, 0.1) is 0 Å². The second-order valence-corrected chi connectivity index (χ2v) is 8.67. The van der Waals surface area contributed by atoms with Crippen LogP contribution in [0.2, 0.25) is 0 Å². The molecule has 3 aromatic rings. The standard InChI is InChI=1S/C25H23NO3S/c27-24-16-23(30-25(28)15-19-7-3-1-4-8-19)18-26(24)17-20-11-13-22(14-12-20)29-21-9-5-2-6-10-21/h1-14,23H,15-18H2. The van der Waals surface area contributed by atoms with Gasteiger partial charge in [-0.3, -0.25) is 9.59 Å². The SMILES string of the molecule is O=C(Cc1ccccc1)SC1CC(=O)N(Cc2ccc(Oc3ccccc3)cc2)C1. The number of carbonyl (C=O) groups is 2. The van der Waals surface area contributed by atoms with Gasteiger partial charge in [-0.2, -0.15) is 0 Å². The van der Waals surface area contributed by atoms with Crippen molar-refractivity contribution in [3.63, 3.8) is 0 Å². The maximum atomic E-state index is 12.4. The predicted octanol–water partition coefficient (Wildman–Crippen LogP) is 5.08. The van der Waals surface area contributed by atoms with E-state index >= 15 is 0 Å². The molecule has 0 aromatic heterocycles. The number of ether oxygens (including phenoxy) is 1. The zero-order chi connectivity index (χ0) is 20.8. The van der Waals surface area contributed by atoms with E-state index in [-0.39, 0.29) is 16.3 Å². The lowest BCUT2D eigenvalue weighted by Crippen LogP contribution is -2.25. The lowest BCUT2D eigenvalue weighted by atomic mass is 10.2. The maximum absolute atomic E-state index is 12.4. The van der Waals surface area contributed by atoms with Gasteiger partial charge in [0.15, 0.2) is 5.12 Å². The molecule has 0 bridgehead atoms. The van der Waals surface area contributed by atoms with Gasteiger partial charge in [-0.05, 0) is 35.4 Å². The largest absolute Gasteiger partial charge is 0.457 e. The molecule has 4 rings (SSSR count). The zero-order valence-corrected chi connectivity index (χ0v) is 17.4. The lowest BCUT2D eigenvalue weighted by Gasteiger charge is -2.17. The first kappa shape index (κ1) is 20.2. The van der Waals surface area contributed by atoms with Gasteiger partial charge in [-0.15, -0.1) is 0 Å². The van der Waals surface area contributed by atoms with Crippen LogP contribution in [-0.2, 0) is 22.6 Å². The molecular weight excluding hydrogens is 394 g/mol.